The maximum atomic E-state index is 11.6. The van der Waals surface area contributed by atoms with Crippen LogP contribution in [0.25, 0.3) is 0 Å². The Bertz CT molecular complexity index is 445. The summed E-state index contributed by atoms with van der Waals surface area (Å²) in [5.74, 6) is -1.04. The van der Waals surface area contributed by atoms with Crippen molar-refractivity contribution in [2.24, 2.45) is 11.3 Å². The van der Waals surface area contributed by atoms with Crippen LogP contribution in [0.1, 0.15) is 40.5 Å². The highest BCUT2D eigenvalue weighted by atomic mass is 16.4. The fourth-order valence-electron chi connectivity index (χ4n) is 2.76. The first kappa shape index (κ1) is 15.6. The van der Waals surface area contributed by atoms with Gasteiger partial charge in [0, 0.05) is 24.3 Å². The van der Waals surface area contributed by atoms with E-state index in [4.69, 9.17) is 5.11 Å². The highest BCUT2D eigenvalue weighted by Crippen LogP contribution is 2.46. The molecule has 4 nitrogen and oxygen atoms in total. The maximum absolute atomic E-state index is 11.6. The van der Waals surface area contributed by atoms with Crippen molar-refractivity contribution < 1.29 is 19.8 Å². The summed E-state index contributed by atoms with van der Waals surface area (Å²) < 4.78 is 0. The van der Waals surface area contributed by atoms with Crippen molar-refractivity contribution in [3.05, 3.63) is 23.8 Å². The van der Waals surface area contributed by atoms with Crippen LogP contribution in [0.3, 0.4) is 0 Å². The minimum Gasteiger partial charge on any atom is -0.478 e. The second kappa shape index (κ2) is 5.29. The molecule has 4 heteroatoms. The SMILES string of the molecule is CC(=C/C(=O)O)/C=C/[C@@]1(O)C(C)CC(=O)CC1(C)C. The number of rotatable bonds is 3. The van der Waals surface area contributed by atoms with Gasteiger partial charge in [0.2, 0.25) is 0 Å². The number of Topliss-reactive ketones (excluding diaryl/α,β-unsaturated/α-hetero) is 1. The zero-order chi connectivity index (χ0) is 14.8. The van der Waals surface area contributed by atoms with Crippen LogP contribution in [-0.4, -0.2) is 27.6 Å². The van der Waals surface area contributed by atoms with E-state index in [-0.39, 0.29) is 11.7 Å². The standard InChI is InChI=1S/C15H22O4/c1-10(7-13(17)18)5-6-15(19)11(2)8-12(16)9-14(15,3)4/h5-7,11,19H,8-9H2,1-4H3,(H,17,18)/b6-5+,10-7-/t11?,15-/m1/s1. The highest BCUT2D eigenvalue weighted by Gasteiger charge is 2.50. The van der Waals surface area contributed by atoms with Crippen LogP contribution in [0.5, 0.6) is 0 Å². The van der Waals surface area contributed by atoms with Crippen LogP contribution in [0.15, 0.2) is 23.8 Å². The van der Waals surface area contributed by atoms with Gasteiger partial charge in [0.25, 0.3) is 0 Å². The predicted octanol–water partition coefficient (Wildman–Crippen LogP) is 2.33. The summed E-state index contributed by atoms with van der Waals surface area (Å²) in [6, 6.07) is 0. The van der Waals surface area contributed by atoms with Crippen LogP contribution in [-0.2, 0) is 9.59 Å². The maximum Gasteiger partial charge on any atom is 0.328 e. The van der Waals surface area contributed by atoms with E-state index in [9.17, 15) is 14.7 Å². The third kappa shape index (κ3) is 3.32. The molecule has 106 valence electrons. The highest BCUT2D eigenvalue weighted by molar-refractivity contribution is 5.81. The Hall–Kier alpha value is -1.42. The number of carbonyl (C=O) groups excluding carboxylic acids is 1. The number of carboxylic acid groups (broad SMARTS) is 1. The number of aliphatic carboxylic acids is 1. The van der Waals surface area contributed by atoms with Gasteiger partial charge in [-0.15, -0.1) is 0 Å². The first-order valence-electron chi connectivity index (χ1n) is 6.43. The van der Waals surface area contributed by atoms with Gasteiger partial charge < -0.3 is 10.2 Å². The molecule has 2 atom stereocenters. The van der Waals surface area contributed by atoms with Crippen LogP contribution in [0, 0.1) is 11.3 Å². The molecule has 0 radical (unpaired) electrons. The summed E-state index contributed by atoms with van der Waals surface area (Å²) in [5, 5.41) is 19.5. The minimum absolute atomic E-state index is 0.161. The van der Waals surface area contributed by atoms with E-state index in [1.54, 1.807) is 19.1 Å². The van der Waals surface area contributed by atoms with E-state index in [1.165, 1.54) is 0 Å². The Morgan fingerprint density at radius 2 is 2.00 bits per heavy atom. The lowest BCUT2D eigenvalue weighted by atomic mass is 9.60. The molecule has 19 heavy (non-hydrogen) atoms. The number of carboxylic acids is 1. The third-order valence-corrected chi connectivity index (χ3v) is 3.96. The van der Waals surface area contributed by atoms with Crippen molar-refractivity contribution in [1.82, 2.24) is 0 Å². The van der Waals surface area contributed by atoms with Crippen LogP contribution < -0.4 is 0 Å². The summed E-state index contributed by atoms with van der Waals surface area (Å²) >= 11 is 0. The predicted molar refractivity (Wildman–Crippen MR) is 72.7 cm³/mol. The van der Waals surface area contributed by atoms with E-state index in [0.29, 0.717) is 18.4 Å². The Morgan fingerprint density at radius 3 is 2.47 bits per heavy atom. The summed E-state index contributed by atoms with van der Waals surface area (Å²) in [7, 11) is 0. The van der Waals surface area contributed by atoms with E-state index in [1.807, 2.05) is 20.8 Å². The molecule has 0 amide bonds. The summed E-state index contributed by atoms with van der Waals surface area (Å²) in [6.07, 6.45) is 5.03. The van der Waals surface area contributed by atoms with Gasteiger partial charge in [0.1, 0.15) is 5.78 Å². The van der Waals surface area contributed by atoms with Crippen LogP contribution in [0.2, 0.25) is 0 Å². The lowest BCUT2D eigenvalue weighted by molar-refractivity contribution is -0.142. The monoisotopic (exact) mass is 266 g/mol. The number of hydrogen-bond donors (Lipinski definition) is 2. The molecule has 0 aromatic carbocycles. The van der Waals surface area contributed by atoms with Gasteiger partial charge in [0.05, 0.1) is 5.60 Å². The van der Waals surface area contributed by atoms with Gasteiger partial charge in [0.15, 0.2) is 0 Å². The van der Waals surface area contributed by atoms with Crippen molar-refractivity contribution in [2.45, 2.75) is 46.1 Å². The van der Waals surface area contributed by atoms with E-state index < -0.39 is 17.0 Å². The molecule has 0 aliphatic heterocycles. The second-order valence-electron chi connectivity index (χ2n) is 6.09. The van der Waals surface area contributed by atoms with Crippen molar-refractivity contribution in [3.63, 3.8) is 0 Å². The number of aliphatic hydroxyl groups is 1. The average Bonchev–Trinajstić information content (AvgIpc) is 2.21. The van der Waals surface area contributed by atoms with E-state index >= 15 is 0 Å². The van der Waals surface area contributed by atoms with Gasteiger partial charge in [-0.25, -0.2) is 4.79 Å². The lowest BCUT2D eigenvalue weighted by Gasteiger charge is -2.48. The molecule has 1 fully saturated rings. The molecule has 0 aromatic heterocycles. The lowest BCUT2D eigenvalue weighted by Crippen LogP contribution is -2.53. The number of carbonyl (C=O) groups is 2. The topological polar surface area (TPSA) is 74.6 Å². The molecule has 1 saturated carbocycles. The zero-order valence-electron chi connectivity index (χ0n) is 11.9. The molecule has 1 unspecified atom stereocenters. The molecule has 1 aliphatic rings. The molecule has 0 saturated heterocycles. The van der Waals surface area contributed by atoms with Crippen LogP contribution in [0.4, 0.5) is 0 Å². The summed E-state index contributed by atoms with van der Waals surface area (Å²) in [4.78, 5) is 22.2. The van der Waals surface area contributed by atoms with Gasteiger partial charge >= 0.3 is 5.97 Å². The molecule has 2 N–H and O–H groups in total. The van der Waals surface area contributed by atoms with Crippen molar-refractivity contribution >= 4 is 11.8 Å². The number of ketones is 1. The van der Waals surface area contributed by atoms with Crippen molar-refractivity contribution in [3.8, 4) is 0 Å². The van der Waals surface area contributed by atoms with Gasteiger partial charge in [-0.3, -0.25) is 4.79 Å². The molecule has 0 aromatic rings. The van der Waals surface area contributed by atoms with Crippen molar-refractivity contribution in [2.75, 3.05) is 0 Å². The number of hydrogen-bond acceptors (Lipinski definition) is 3. The Balaban J connectivity index is 3.04. The molecule has 1 rings (SSSR count). The molecular weight excluding hydrogens is 244 g/mol. The Morgan fingerprint density at radius 1 is 1.42 bits per heavy atom. The van der Waals surface area contributed by atoms with Crippen molar-refractivity contribution in [1.29, 1.82) is 0 Å². The first-order chi connectivity index (χ1) is 8.58. The summed E-state index contributed by atoms with van der Waals surface area (Å²) in [6.45, 7) is 7.24. The molecule has 0 heterocycles. The largest absolute Gasteiger partial charge is 0.478 e. The first-order valence-corrected chi connectivity index (χ1v) is 6.43. The van der Waals surface area contributed by atoms with Crippen LogP contribution >= 0.6 is 0 Å². The van der Waals surface area contributed by atoms with Gasteiger partial charge in [-0.2, -0.15) is 0 Å². The summed E-state index contributed by atoms with van der Waals surface area (Å²) in [5.41, 5.74) is -1.10. The normalized spacial score (nSPS) is 31.7. The second-order valence-corrected chi connectivity index (χ2v) is 6.09. The molecule has 0 bridgehead atoms. The quantitative estimate of drug-likeness (QED) is 0.607. The minimum atomic E-state index is -1.10. The van der Waals surface area contributed by atoms with Gasteiger partial charge in [-0.05, 0) is 18.4 Å². The number of allylic oxidation sites excluding steroid dienone is 2. The molecular formula is C15H22O4. The van der Waals surface area contributed by atoms with E-state index in [0.717, 1.165) is 6.08 Å². The Kier molecular flexibility index (Phi) is 4.35. The third-order valence-electron chi connectivity index (χ3n) is 3.96. The molecule has 1 aliphatic carbocycles. The smallest absolute Gasteiger partial charge is 0.328 e. The van der Waals surface area contributed by atoms with E-state index in [2.05, 4.69) is 0 Å². The van der Waals surface area contributed by atoms with Gasteiger partial charge in [-0.1, -0.05) is 32.9 Å². The average molecular weight is 266 g/mol. The fourth-order valence-corrected chi connectivity index (χ4v) is 2.76. The Labute approximate surface area is 113 Å². The fraction of sp³-hybridized carbons (Fsp3) is 0.600. The molecule has 0 spiro atoms. The zero-order valence-corrected chi connectivity index (χ0v) is 11.9.